The fourth-order valence-corrected chi connectivity index (χ4v) is 2.35. The second kappa shape index (κ2) is 6.36. The molecule has 0 amide bonds. The van der Waals surface area contributed by atoms with E-state index in [1.807, 2.05) is 19.9 Å². The Morgan fingerprint density at radius 1 is 1.41 bits per heavy atom. The van der Waals surface area contributed by atoms with Crippen LogP contribution in [-0.2, 0) is 11.2 Å². The van der Waals surface area contributed by atoms with Gasteiger partial charge in [0.1, 0.15) is 5.15 Å². The molecule has 0 atom stereocenters. The molecule has 0 N–H and O–H groups in total. The minimum Gasteiger partial charge on any atom is -0.501 e. The number of nitrogens with zero attached hydrogens (tertiary/aromatic N) is 2. The predicted octanol–water partition coefficient (Wildman–Crippen LogP) is 3.61. The molecule has 0 aliphatic heterocycles. The highest BCUT2D eigenvalue weighted by Gasteiger charge is 2.23. The van der Waals surface area contributed by atoms with Crippen LogP contribution in [0.3, 0.4) is 0 Å². The minimum atomic E-state index is -0.241. The predicted molar refractivity (Wildman–Crippen MR) is 88.5 cm³/mol. The molecule has 0 aliphatic rings. The van der Waals surface area contributed by atoms with E-state index in [4.69, 9.17) is 16.3 Å². The van der Waals surface area contributed by atoms with Gasteiger partial charge in [0.15, 0.2) is 0 Å². The molecule has 0 bridgehead atoms. The number of rotatable bonds is 5. The number of pyridine rings is 2. The Morgan fingerprint density at radius 3 is 2.68 bits per heavy atom. The number of methoxy groups -OCH3 is 1. The summed E-state index contributed by atoms with van der Waals surface area (Å²) in [6.07, 6.45) is 3.99. The summed E-state index contributed by atoms with van der Waals surface area (Å²) in [5.41, 5.74) is 1.27. The van der Waals surface area contributed by atoms with E-state index in [1.165, 1.54) is 4.57 Å². The SMILES string of the molecule is C=C(OC)C(C)(C)Cc1ccn(-c2ccc(Cl)nc2)c(=O)c1. The highest BCUT2D eigenvalue weighted by Crippen LogP contribution is 2.29. The quantitative estimate of drug-likeness (QED) is 0.625. The van der Waals surface area contributed by atoms with Crippen molar-refractivity contribution in [2.75, 3.05) is 7.11 Å². The van der Waals surface area contributed by atoms with Crippen LogP contribution in [0.5, 0.6) is 0 Å². The smallest absolute Gasteiger partial charge is 0.255 e. The third kappa shape index (κ3) is 3.57. The number of hydrogen-bond acceptors (Lipinski definition) is 3. The molecule has 0 fully saturated rings. The topological polar surface area (TPSA) is 44.1 Å². The molecule has 0 saturated carbocycles. The summed E-state index contributed by atoms with van der Waals surface area (Å²) in [5, 5.41) is 0.397. The third-order valence-corrected chi connectivity index (χ3v) is 3.84. The fourth-order valence-electron chi connectivity index (χ4n) is 2.24. The molecular weight excluding hydrogens is 300 g/mol. The molecule has 0 unspecified atom stereocenters. The second-order valence-corrected chi connectivity index (χ2v) is 6.16. The molecule has 4 nitrogen and oxygen atoms in total. The van der Waals surface area contributed by atoms with E-state index in [2.05, 4.69) is 11.6 Å². The summed E-state index contributed by atoms with van der Waals surface area (Å²) in [6, 6.07) is 6.95. The van der Waals surface area contributed by atoms with E-state index in [0.717, 1.165) is 5.56 Å². The van der Waals surface area contributed by atoms with Gasteiger partial charge in [0.05, 0.1) is 24.8 Å². The molecule has 116 valence electrons. The maximum absolute atomic E-state index is 12.3. The zero-order chi connectivity index (χ0) is 16.3. The van der Waals surface area contributed by atoms with E-state index in [1.54, 1.807) is 37.7 Å². The van der Waals surface area contributed by atoms with Crippen LogP contribution in [0.4, 0.5) is 0 Å². The summed E-state index contributed by atoms with van der Waals surface area (Å²) in [5.74, 6) is 0.693. The van der Waals surface area contributed by atoms with E-state index < -0.39 is 0 Å². The van der Waals surface area contributed by atoms with Gasteiger partial charge in [0.25, 0.3) is 5.56 Å². The maximum Gasteiger partial charge on any atom is 0.255 e. The largest absolute Gasteiger partial charge is 0.501 e. The van der Waals surface area contributed by atoms with Crippen molar-refractivity contribution in [3.63, 3.8) is 0 Å². The Labute approximate surface area is 135 Å². The molecule has 0 saturated heterocycles. The number of aromatic nitrogens is 2. The van der Waals surface area contributed by atoms with Gasteiger partial charge in [-0.1, -0.05) is 32.0 Å². The zero-order valence-electron chi connectivity index (χ0n) is 13.0. The van der Waals surface area contributed by atoms with Crippen molar-refractivity contribution in [3.05, 3.63) is 70.1 Å². The maximum atomic E-state index is 12.3. The summed E-state index contributed by atoms with van der Waals surface area (Å²) in [4.78, 5) is 16.3. The van der Waals surface area contributed by atoms with Crippen molar-refractivity contribution in [2.45, 2.75) is 20.3 Å². The second-order valence-electron chi connectivity index (χ2n) is 5.77. The highest BCUT2D eigenvalue weighted by molar-refractivity contribution is 6.29. The molecule has 0 aromatic carbocycles. The van der Waals surface area contributed by atoms with E-state index in [-0.39, 0.29) is 11.0 Å². The normalized spacial score (nSPS) is 11.3. The van der Waals surface area contributed by atoms with Gasteiger partial charge < -0.3 is 4.74 Å². The molecular formula is C17H19ClN2O2. The van der Waals surface area contributed by atoms with Crippen LogP contribution in [0, 0.1) is 5.41 Å². The van der Waals surface area contributed by atoms with Gasteiger partial charge in [-0.25, -0.2) is 4.98 Å². The van der Waals surface area contributed by atoms with Gasteiger partial charge in [-0.2, -0.15) is 0 Å². The Bertz CT molecular complexity index is 733. The molecule has 2 rings (SSSR count). The number of hydrogen-bond donors (Lipinski definition) is 0. The van der Waals surface area contributed by atoms with Crippen LogP contribution < -0.4 is 5.56 Å². The minimum absolute atomic E-state index is 0.111. The summed E-state index contributed by atoms with van der Waals surface area (Å²) < 4.78 is 6.76. The Balaban J connectivity index is 2.29. The Kier molecular flexibility index (Phi) is 4.71. The van der Waals surface area contributed by atoms with Gasteiger partial charge >= 0.3 is 0 Å². The molecule has 0 aliphatic carbocycles. The molecule has 2 aromatic heterocycles. The zero-order valence-corrected chi connectivity index (χ0v) is 13.7. The van der Waals surface area contributed by atoms with E-state index >= 15 is 0 Å². The van der Waals surface area contributed by atoms with Crippen LogP contribution in [-0.4, -0.2) is 16.7 Å². The van der Waals surface area contributed by atoms with Gasteiger partial charge in [0, 0.05) is 17.7 Å². The van der Waals surface area contributed by atoms with Gasteiger partial charge in [0.2, 0.25) is 0 Å². The van der Waals surface area contributed by atoms with Crippen molar-refractivity contribution in [3.8, 4) is 5.69 Å². The molecule has 2 heterocycles. The molecule has 0 radical (unpaired) electrons. The first-order valence-electron chi connectivity index (χ1n) is 6.90. The Morgan fingerprint density at radius 2 is 2.14 bits per heavy atom. The lowest BCUT2D eigenvalue weighted by Crippen LogP contribution is -2.22. The van der Waals surface area contributed by atoms with Crippen LogP contribution in [0.15, 0.2) is 53.8 Å². The lowest BCUT2D eigenvalue weighted by Gasteiger charge is -2.26. The first kappa shape index (κ1) is 16.3. The highest BCUT2D eigenvalue weighted by atomic mass is 35.5. The van der Waals surface area contributed by atoms with Crippen molar-refractivity contribution in [1.29, 1.82) is 0 Å². The van der Waals surface area contributed by atoms with Crippen molar-refractivity contribution < 1.29 is 4.74 Å². The van der Waals surface area contributed by atoms with Crippen LogP contribution in [0.1, 0.15) is 19.4 Å². The van der Waals surface area contributed by atoms with E-state index in [0.29, 0.717) is 23.0 Å². The molecule has 0 spiro atoms. The van der Waals surface area contributed by atoms with Gasteiger partial charge in [-0.05, 0) is 30.2 Å². The van der Waals surface area contributed by atoms with Crippen molar-refractivity contribution >= 4 is 11.6 Å². The first-order chi connectivity index (χ1) is 10.3. The lowest BCUT2D eigenvalue weighted by molar-refractivity contribution is 0.195. The molecule has 22 heavy (non-hydrogen) atoms. The fraction of sp³-hybridized carbons (Fsp3) is 0.294. The first-order valence-corrected chi connectivity index (χ1v) is 7.28. The lowest BCUT2D eigenvalue weighted by atomic mass is 9.84. The van der Waals surface area contributed by atoms with Crippen molar-refractivity contribution in [1.82, 2.24) is 9.55 Å². The average Bonchev–Trinajstić information content (AvgIpc) is 2.47. The molecule has 2 aromatic rings. The average molecular weight is 319 g/mol. The van der Waals surface area contributed by atoms with Gasteiger partial charge in [-0.15, -0.1) is 0 Å². The van der Waals surface area contributed by atoms with Crippen LogP contribution in [0.25, 0.3) is 5.69 Å². The number of allylic oxidation sites excluding steroid dienone is 1. The van der Waals surface area contributed by atoms with Crippen molar-refractivity contribution in [2.24, 2.45) is 5.41 Å². The summed E-state index contributed by atoms with van der Waals surface area (Å²) in [6.45, 7) is 7.98. The summed E-state index contributed by atoms with van der Waals surface area (Å²) >= 11 is 5.76. The third-order valence-electron chi connectivity index (χ3n) is 3.62. The van der Waals surface area contributed by atoms with Crippen LogP contribution >= 0.6 is 11.6 Å². The number of halogens is 1. The standard InChI is InChI=1S/C17H19ClN2O2/c1-12(22-4)17(2,3)10-13-7-8-20(16(21)9-13)14-5-6-15(18)19-11-14/h5-9,11H,1,10H2,2-4H3. The molecule has 5 heteroatoms. The van der Waals surface area contributed by atoms with Crippen LogP contribution in [0.2, 0.25) is 5.15 Å². The monoisotopic (exact) mass is 318 g/mol. The number of ether oxygens (including phenoxy) is 1. The Hall–Kier alpha value is -2.07. The summed E-state index contributed by atoms with van der Waals surface area (Å²) in [7, 11) is 1.61. The van der Waals surface area contributed by atoms with Gasteiger partial charge in [-0.3, -0.25) is 9.36 Å². The van der Waals surface area contributed by atoms with E-state index in [9.17, 15) is 4.79 Å².